The topological polar surface area (TPSA) is 99.1 Å². The Balaban J connectivity index is 0.000000195. The monoisotopic (exact) mass is 1230 g/mol. The first-order chi connectivity index (χ1) is 39.8. The minimum absolute atomic E-state index is 0. The van der Waals surface area contributed by atoms with Crippen LogP contribution in [-0.2, 0) is 34.1 Å². The molecular formula is C70H56Cu2N6P4. The Kier molecular flexibility index (Phi) is 30.0. The Labute approximate surface area is 510 Å². The summed E-state index contributed by atoms with van der Waals surface area (Å²) in [7, 11) is -2.03. The molecule has 408 valence electrons. The van der Waals surface area contributed by atoms with Gasteiger partial charge in [0.25, 0.3) is 0 Å². The molecule has 8 aromatic carbocycles. The Morgan fingerprint density at radius 2 is 0.305 bits per heavy atom. The molecule has 12 aromatic rings. The molecule has 82 heavy (non-hydrogen) atoms. The van der Waals surface area contributed by atoms with Gasteiger partial charge >= 0.3 is 34.1 Å². The number of hydrogen-bond donors (Lipinski definition) is 0. The van der Waals surface area contributed by atoms with Crippen LogP contribution in [0, 0.1) is 23.7 Å². The van der Waals surface area contributed by atoms with Gasteiger partial charge in [-0.25, -0.2) is 0 Å². The third-order valence-electron chi connectivity index (χ3n) is 11.7. The van der Waals surface area contributed by atoms with E-state index in [2.05, 4.69) is 287 Å². The van der Waals surface area contributed by atoms with Gasteiger partial charge in [0.1, 0.15) is 0 Å². The molecule has 4 heterocycles. The molecule has 0 spiro atoms. The maximum Gasteiger partial charge on any atom is 1.00 e. The molecule has 0 radical (unpaired) electrons. The van der Waals surface area contributed by atoms with Crippen LogP contribution in [0.25, 0.3) is 0 Å². The molecule has 0 aliphatic rings. The van der Waals surface area contributed by atoms with Gasteiger partial charge in [0.15, 0.2) is 0 Å². The summed E-state index contributed by atoms with van der Waals surface area (Å²) >= 11 is 0. The second kappa shape index (κ2) is 37.9. The van der Waals surface area contributed by atoms with Crippen LogP contribution in [0.4, 0.5) is 0 Å². The number of hydrogen-bond acceptors (Lipinski definition) is 6. The van der Waals surface area contributed by atoms with E-state index in [0.717, 1.165) is 0 Å². The van der Waals surface area contributed by atoms with Gasteiger partial charge in [-0.1, -0.05) is 267 Å². The summed E-state index contributed by atoms with van der Waals surface area (Å²) in [6, 6.07) is 102. The number of nitrogens with zero attached hydrogens (tertiary/aromatic N) is 6. The molecule has 12 rings (SSSR count). The first-order valence-electron chi connectivity index (χ1n) is 25.5. The zero-order chi connectivity index (χ0) is 55.7. The maximum absolute atomic E-state index is 6.25. The molecule has 4 aromatic heterocycles. The van der Waals surface area contributed by atoms with Crippen molar-refractivity contribution in [2.75, 3.05) is 0 Å². The molecule has 0 fully saturated rings. The van der Waals surface area contributed by atoms with Crippen molar-refractivity contribution in [2.45, 2.75) is 0 Å². The fourth-order valence-corrected chi connectivity index (χ4v) is 17.4. The van der Waals surface area contributed by atoms with Gasteiger partial charge in [0.05, 0.1) is 0 Å². The van der Waals surface area contributed by atoms with Crippen LogP contribution in [0.15, 0.2) is 341 Å². The molecule has 0 bridgehead atoms. The van der Waals surface area contributed by atoms with Crippen molar-refractivity contribution in [3.05, 3.63) is 354 Å². The number of pyridine rings is 4. The molecule has 12 heteroatoms. The van der Waals surface area contributed by atoms with Crippen LogP contribution in [0.1, 0.15) is 0 Å². The second-order valence-corrected chi connectivity index (χ2v) is 25.8. The van der Waals surface area contributed by atoms with Gasteiger partial charge in [0, 0.05) is 70.8 Å². The number of rotatable bonds is 12. The van der Waals surface area contributed by atoms with Gasteiger partial charge < -0.3 is 23.7 Å². The predicted octanol–water partition coefficient (Wildman–Crippen LogP) is 11.5. The van der Waals surface area contributed by atoms with Crippen molar-refractivity contribution in [1.82, 2.24) is 19.9 Å². The Hall–Kier alpha value is -7.90. The summed E-state index contributed by atoms with van der Waals surface area (Å²) in [6.45, 7) is 9.50. The summed E-state index contributed by atoms with van der Waals surface area (Å²) in [4.78, 5) is 17.1. The van der Waals surface area contributed by atoms with E-state index in [1.807, 2.05) is 73.8 Å². The molecule has 0 saturated carbocycles. The van der Waals surface area contributed by atoms with Crippen LogP contribution in [-0.4, -0.2) is 19.9 Å². The minimum Gasteiger partial charge on any atom is -0.512 e. The van der Waals surface area contributed by atoms with E-state index in [0.29, 0.717) is 0 Å². The van der Waals surface area contributed by atoms with Gasteiger partial charge in [0.2, 0.25) is 0 Å². The van der Waals surface area contributed by atoms with Gasteiger partial charge in [-0.05, 0) is 98.4 Å². The molecule has 0 amide bonds. The van der Waals surface area contributed by atoms with E-state index >= 15 is 0 Å². The molecule has 0 atom stereocenters. The number of aromatic nitrogens is 4. The van der Waals surface area contributed by atoms with Gasteiger partial charge in [-0.3, -0.25) is 19.9 Å². The van der Waals surface area contributed by atoms with Crippen molar-refractivity contribution in [1.29, 1.82) is 10.5 Å². The quantitative estimate of drug-likeness (QED) is 0.0686. The zero-order valence-corrected chi connectivity index (χ0v) is 49.9. The summed E-state index contributed by atoms with van der Waals surface area (Å²) in [5, 5.41) is 28.5. The SMILES string of the molecule is [C-]#N.[C-]#N.[Cu+].[Cu+].c1ccc(P(c2ccccc2)c2cccnc2)cc1.c1ccc(P(c2ccccc2)c2cccnc2)cc1.c1ccc(P(c2ccccc2)c2cccnc2)cc1.c1ccc(P(c2ccccc2)c2cccnc2)cc1. The molecule has 0 saturated heterocycles. The third kappa shape index (κ3) is 19.7. The Morgan fingerprint density at radius 3 is 0.415 bits per heavy atom. The second-order valence-electron chi connectivity index (χ2n) is 16.9. The fraction of sp³-hybridized carbons (Fsp3) is 0. The molecule has 0 aliphatic carbocycles. The third-order valence-corrected chi connectivity index (χ3v) is 21.4. The fourth-order valence-electron chi connectivity index (χ4n) is 8.35. The van der Waals surface area contributed by atoms with Gasteiger partial charge in [-0.2, -0.15) is 0 Å². The molecule has 0 aliphatic heterocycles. The van der Waals surface area contributed by atoms with E-state index in [1.54, 1.807) is 0 Å². The largest absolute Gasteiger partial charge is 1.00 e. The Bertz CT molecular complexity index is 2710. The van der Waals surface area contributed by atoms with Crippen molar-refractivity contribution in [3.63, 3.8) is 0 Å². The van der Waals surface area contributed by atoms with E-state index in [1.165, 1.54) is 63.7 Å². The van der Waals surface area contributed by atoms with Crippen molar-refractivity contribution in [2.24, 2.45) is 0 Å². The van der Waals surface area contributed by atoms with Crippen LogP contribution in [0.3, 0.4) is 0 Å². The van der Waals surface area contributed by atoms with Crippen LogP contribution >= 0.6 is 31.7 Å². The standard InChI is InChI=1S/4C17H14NP.2CN.2Cu/c4*1-3-8-15(9-4-1)19(16-10-5-2-6-11-16)17-12-7-13-18-14-17;2*1-2;;/h4*1-14H;;;;/q;;;;2*-1;2*+1. The zero-order valence-electron chi connectivity index (χ0n) is 44.4. The average Bonchev–Trinajstić information content (AvgIpc) is 3.56. The average molecular weight is 1230 g/mol. The van der Waals surface area contributed by atoms with Crippen LogP contribution in [0.2, 0.25) is 0 Å². The summed E-state index contributed by atoms with van der Waals surface area (Å²) in [6.07, 6.45) is 15.2. The number of benzene rings is 8. The van der Waals surface area contributed by atoms with Crippen molar-refractivity contribution >= 4 is 95.3 Å². The van der Waals surface area contributed by atoms with Crippen molar-refractivity contribution in [3.8, 4) is 0 Å². The van der Waals surface area contributed by atoms with Crippen LogP contribution in [0.5, 0.6) is 0 Å². The van der Waals surface area contributed by atoms with Crippen molar-refractivity contribution < 1.29 is 34.1 Å². The molecule has 0 unspecified atom stereocenters. The molecular weight excluding hydrogens is 1180 g/mol. The maximum atomic E-state index is 6.25. The van der Waals surface area contributed by atoms with E-state index in [-0.39, 0.29) is 34.1 Å². The molecule has 0 N–H and O–H groups in total. The van der Waals surface area contributed by atoms with E-state index in [4.69, 9.17) is 23.7 Å². The first-order valence-corrected chi connectivity index (χ1v) is 30.8. The van der Waals surface area contributed by atoms with E-state index < -0.39 is 31.7 Å². The Morgan fingerprint density at radius 1 is 0.183 bits per heavy atom. The summed E-state index contributed by atoms with van der Waals surface area (Å²) in [5.74, 6) is 0. The summed E-state index contributed by atoms with van der Waals surface area (Å²) in [5.41, 5.74) is 0. The van der Waals surface area contributed by atoms with Crippen LogP contribution < -0.4 is 63.7 Å². The molecule has 6 nitrogen and oxygen atoms in total. The smallest absolute Gasteiger partial charge is 0.512 e. The predicted molar refractivity (Wildman–Crippen MR) is 342 cm³/mol. The minimum atomic E-state index is -0.508. The van der Waals surface area contributed by atoms with E-state index in [9.17, 15) is 0 Å². The normalized spacial score (nSPS) is 9.85. The van der Waals surface area contributed by atoms with Gasteiger partial charge in [-0.15, -0.1) is 0 Å². The summed E-state index contributed by atoms with van der Waals surface area (Å²) < 4.78 is 0. The first kappa shape index (κ1) is 64.9.